The van der Waals surface area contributed by atoms with Crippen molar-refractivity contribution in [3.05, 3.63) is 52.6 Å². The zero-order valence-corrected chi connectivity index (χ0v) is 7.75. The fraction of sp³-hybridized carbons (Fsp3) is 0.0909. The van der Waals surface area contributed by atoms with Crippen molar-refractivity contribution in [1.29, 1.82) is 0 Å². The molecule has 0 bridgehead atoms. The highest BCUT2D eigenvalue weighted by molar-refractivity contribution is 6.12. The summed E-state index contributed by atoms with van der Waals surface area (Å²) >= 11 is 0. The maximum absolute atomic E-state index is 13.5. The summed E-state index contributed by atoms with van der Waals surface area (Å²) in [5, 5.41) is 6.60. The van der Waals surface area contributed by atoms with Gasteiger partial charge in [-0.3, -0.25) is 9.89 Å². The van der Waals surface area contributed by atoms with Gasteiger partial charge in [-0.25, -0.2) is 4.39 Å². The molecule has 74 valence electrons. The highest BCUT2D eigenvalue weighted by atomic mass is 19.1. The van der Waals surface area contributed by atoms with Crippen LogP contribution in [0.3, 0.4) is 0 Å². The Morgan fingerprint density at radius 3 is 3.13 bits per heavy atom. The normalized spacial score (nSPS) is 13.5. The van der Waals surface area contributed by atoms with Gasteiger partial charge in [-0.05, 0) is 11.6 Å². The number of benzene rings is 1. The zero-order chi connectivity index (χ0) is 10.4. The monoisotopic (exact) mass is 202 g/mol. The van der Waals surface area contributed by atoms with Gasteiger partial charge in [0.1, 0.15) is 5.82 Å². The average Bonchev–Trinajstić information content (AvgIpc) is 2.66. The molecule has 1 aromatic carbocycles. The Labute approximate surface area is 84.9 Å². The third-order valence-corrected chi connectivity index (χ3v) is 2.65. The topological polar surface area (TPSA) is 45.8 Å². The quantitative estimate of drug-likeness (QED) is 0.602. The van der Waals surface area contributed by atoms with Crippen LogP contribution in [-0.2, 0) is 6.42 Å². The van der Waals surface area contributed by atoms with E-state index in [2.05, 4.69) is 10.2 Å². The van der Waals surface area contributed by atoms with Crippen LogP contribution in [0, 0.1) is 5.82 Å². The minimum atomic E-state index is -0.454. The summed E-state index contributed by atoms with van der Waals surface area (Å²) in [6, 6.07) is 4.68. The molecule has 2 aromatic rings. The summed E-state index contributed by atoms with van der Waals surface area (Å²) in [6.07, 6.45) is 2.03. The average molecular weight is 202 g/mol. The number of fused-ring (bicyclic) bond motifs is 2. The number of nitrogens with one attached hydrogen (secondary N) is 1. The molecule has 1 aliphatic rings. The Kier molecular flexibility index (Phi) is 1.54. The Morgan fingerprint density at radius 1 is 1.40 bits per heavy atom. The van der Waals surface area contributed by atoms with E-state index in [0.717, 1.165) is 0 Å². The van der Waals surface area contributed by atoms with Crippen LogP contribution in [0.5, 0.6) is 0 Å². The molecule has 0 spiro atoms. The van der Waals surface area contributed by atoms with Gasteiger partial charge in [-0.15, -0.1) is 0 Å². The lowest BCUT2D eigenvalue weighted by molar-refractivity contribution is 0.103. The summed E-state index contributed by atoms with van der Waals surface area (Å²) in [5.74, 6) is -0.734. The van der Waals surface area contributed by atoms with E-state index in [1.165, 1.54) is 12.3 Å². The SMILES string of the molecule is O=C1c2c[nH]nc2Cc2cccc(F)c21. The van der Waals surface area contributed by atoms with Crippen molar-refractivity contribution in [3.8, 4) is 0 Å². The molecule has 0 saturated heterocycles. The molecule has 1 aliphatic carbocycles. The van der Waals surface area contributed by atoms with Crippen LogP contribution >= 0.6 is 0 Å². The summed E-state index contributed by atoms with van der Waals surface area (Å²) in [4.78, 5) is 11.9. The molecule has 4 heteroatoms. The van der Waals surface area contributed by atoms with Crippen molar-refractivity contribution in [2.24, 2.45) is 0 Å². The van der Waals surface area contributed by atoms with Crippen LogP contribution in [0.1, 0.15) is 27.2 Å². The van der Waals surface area contributed by atoms with E-state index in [1.807, 2.05) is 0 Å². The van der Waals surface area contributed by atoms with Gasteiger partial charge in [0.05, 0.1) is 16.8 Å². The van der Waals surface area contributed by atoms with Crippen LogP contribution in [0.2, 0.25) is 0 Å². The molecular weight excluding hydrogens is 195 g/mol. The van der Waals surface area contributed by atoms with Gasteiger partial charge in [-0.2, -0.15) is 5.10 Å². The van der Waals surface area contributed by atoms with Gasteiger partial charge in [-0.1, -0.05) is 12.1 Å². The summed E-state index contributed by atoms with van der Waals surface area (Å²) < 4.78 is 13.5. The summed E-state index contributed by atoms with van der Waals surface area (Å²) in [7, 11) is 0. The number of rotatable bonds is 0. The Bertz CT molecular complexity index is 559. The van der Waals surface area contributed by atoms with Crippen molar-refractivity contribution in [2.45, 2.75) is 6.42 Å². The molecule has 0 aliphatic heterocycles. The van der Waals surface area contributed by atoms with Gasteiger partial charge in [0.2, 0.25) is 0 Å². The molecule has 15 heavy (non-hydrogen) atoms. The number of H-pyrrole nitrogens is 1. The molecule has 0 unspecified atom stereocenters. The highest BCUT2D eigenvalue weighted by Gasteiger charge is 2.27. The number of carbonyl (C=O) groups excluding carboxylic acids is 1. The molecule has 0 fully saturated rings. The largest absolute Gasteiger partial charge is 0.288 e. The number of aromatic nitrogens is 2. The Hall–Kier alpha value is -1.97. The fourth-order valence-corrected chi connectivity index (χ4v) is 1.94. The molecule has 1 heterocycles. The van der Waals surface area contributed by atoms with Crippen molar-refractivity contribution in [2.75, 3.05) is 0 Å². The van der Waals surface area contributed by atoms with Gasteiger partial charge < -0.3 is 0 Å². The van der Waals surface area contributed by atoms with Gasteiger partial charge in [0.15, 0.2) is 5.78 Å². The Balaban J connectivity index is 2.28. The highest BCUT2D eigenvalue weighted by Crippen LogP contribution is 2.27. The number of hydrogen-bond acceptors (Lipinski definition) is 2. The minimum Gasteiger partial charge on any atom is -0.288 e. The lowest BCUT2D eigenvalue weighted by atomic mass is 9.89. The molecule has 1 N–H and O–H groups in total. The first-order valence-corrected chi connectivity index (χ1v) is 4.62. The third-order valence-electron chi connectivity index (χ3n) is 2.65. The van der Waals surface area contributed by atoms with E-state index in [0.29, 0.717) is 23.2 Å². The number of nitrogens with zero attached hydrogens (tertiary/aromatic N) is 1. The van der Waals surface area contributed by atoms with Gasteiger partial charge >= 0.3 is 0 Å². The molecular formula is C11H7FN2O. The van der Waals surface area contributed by atoms with Crippen molar-refractivity contribution >= 4 is 5.78 Å². The second kappa shape index (κ2) is 2.76. The maximum atomic E-state index is 13.5. The van der Waals surface area contributed by atoms with Crippen LogP contribution in [0.4, 0.5) is 4.39 Å². The molecule has 0 radical (unpaired) electrons. The van der Waals surface area contributed by atoms with Crippen molar-refractivity contribution < 1.29 is 9.18 Å². The van der Waals surface area contributed by atoms with Crippen LogP contribution in [0.25, 0.3) is 0 Å². The minimum absolute atomic E-state index is 0.186. The molecule has 0 amide bonds. The smallest absolute Gasteiger partial charge is 0.199 e. The standard InChI is InChI=1S/C11H7FN2O/c12-8-3-1-2-6-4-9-7(5-13-14-9)11(15)10(6)8/h1-3,5H,4H2,(H,13,14). The number of ketones is 1. The third kappa shape index (κ3) is 1.05. The van der Waals surface area contributed by atoms with E-state index >= 15 is 0 Å². The van der Waals surface area contributed by atoms with Crippen molar-refractivity contribution in [3.63, 3.8) is 0 Å². The number of carbonyl (C=O) groups is 1. The van der Waals surface area contributed by atoms with E-state index < -0.39 is 5.82 Å². The zero-order valence-electron chi connectivity index (χ0n) is 7.75. The maximum Gasteiger partial charge on any atom is 0.199 e. The van der Waals surface area contributed by atoms with E-state index in [1.54, 1.807) is 12.1 Å². The van der Waals surface area contributed by atoms with Gasteiger partial charge in [0, 0.05) is 12.6 Å². The molecule has 0 atom stereocenters. The second-order valence-electron chi connectivity index (χ2n) is 3.53. The molecule has 1 aromatic heterocycles. The van der Waals surface area contributed by atoms with E-state index in [9.17, 15) is 9.18 Å². The van der Waals surface area contributed by atoms with E-state index in [4.69, 9.17) is 0 Å². The first kappa shape index (κ1) is 8.35. The molecule has 3 rings (SSSR count). The summed E-state index contributed by atoms with van der Waals surface area (Å²) in [5.41, 5.74) is 2.07. The first-order valence-electron chi connectivity index (χ1n) is 4.62. The lowest BCUT2D eigenvalue weighted by Gasteiger charge is -2.14. The van der Waals surface area contributed by atoms with Gasteiger partial charge in [0.25, 0.3) is 0 Å². The van der Waals surface area contributed by atoms with Crippen LogP contribution < -0.4 is 0 Å². The van der Waals surface area contributed by atoms with Crippen molar-refractivity contribution in [1.82, 2.24) is 10.2 Å². The molecule has 3 nitrogen and oxygen atoms in total. The first-order chi connectivity index (χ1) is 7.27. The number of aromatic amines is 1. The Morgan fingerprint density at radius 2 is 2.27 bits per heavy atom. The predicted molar refractivity (Wildman–Crippen MR) is 51.2 cm³/mol. The second-order valence-corrected chi connectivity index (χ2v) is 3.53. The van der Waals surface area contributed by atoms with Crippen LogP contribution in [0.15, 0.2) is 24.4 Å². The van der Waals surface area contributed by atoms with Crippen LogP contribution in [-0.4, -0.2) is 16.0 Å². The predicted octanol–water partition coefficient (Wildman–Crippen LogP) is 1.68. The summed E-state index contributed by atoms with van der Waals surface area (Å²) in [6.45, 7) is 0. The number of hydrogen-bond donors (Lipinski definition) is 1. The number of halogens is 1. The molecule has 0 saturated carbocycles. The fourth-order valence-electron chi connectivity index (χ4n) is 1.94. The van der Waals surface area contributed by atoms with E-state index in [-0.39, 0.29) is 11.3 Å². The lowest BCUT2D eigenvalue weighted by Crippen LogP contribution is -2.15.